The molecule has 1 aromatic rings. The molecule has 8 nitrogen and oxygen atoms in total. The van der Waals surface area contributed by atoms with Crippen LogP contribution in [-0.2, 0) is 25.7 Å². The molecule has 1 heterocycles. The summed E-state index contributed by atoms with van der Waals surface area (Å²) in [7, 11) is 2.46. The zero-order valence-corrected chi connectivity index (χ0v) is 13.9. The van der Waals surface area contributed by atoms with E-state index in [0.29, 0.717) is 10.6 Å². The molecule has 0 aliphatic carbocycles. The van der Waals surface area contributed by atoms with E-state index in [0.717, 1.165) is 9.80 Å². The van der Waals surface area contributed by atoms with Crippen LogP contribution in [0.25, 0.3) is 0 Å². The number of likely N-dealkylation sites (N-methyl/N-ethyl adjacent to an activating group) is 1. The molecule has 2 rings (SSSR count). The van der Waals surface area contributed by atoms with Crippen LogP contribution in [0, 0.1) is 0 Å². The number of amides is 4. The van der Waals surface area contributed by atoms with Gasteiger partial charge in [-0.15, -0.1) is 0 Å². The maximum absolute atomic E-state index is 12.0. The number of esters is 1. The summed E-state index contributed by atoms with van der Waals surface area (Å²) in [6.45, 7) is -0.200. The van der Waals surface area contributed by atoms with Crippen molar-refractivity contribution in [1.82, 2.24) is 14.7 Å². The van der Waals surface area contributed by atoms with Crippen molar-refractivity contribution < 1.29 is 23.9 Å². The van der Waals surface area contributed by atoms with Gasteiger partial charge in [-0.05, 0) is 11.6 Å². The van der Waals surface area contributed by atoms with Crippen LogP contribution in [0.4, 0.5) is 4.79 Å². The molecule has 0 atom stereocenters. The first-order chi connectivity index (χ1) is 11.3. The van der Waals surface area contributed by atoms with Crippen LogP contribution in [0.3, 0.4) is 0 Å². The number of methoxy groups -OCH3 is 1. The molecule has 4 amide bonds. The van der Waals surface area contributed by atoms with Crippen molar-refractivity contribution in [2.75, 3.05) is 27.4 Å². The minimum absolute atomic E-state index is 0.170. The second-order valence-corrected chi connectivity index (χ2v) is 5.58. The monoisotopic (exact) mass is 353 g/mol. The maximum atomic E-state index is 12.0. The second-order valence-electron chi connectivity index (χ2n) is 5.18. The molecule has 1 saturated heterocycles. The maximum Gasteiger partial charge on any atom is 0.335 e. The predicted molar refractivity (Wildman–Crippen MR) is 83.8 cm³/mol. The number of rotatable bonds is 6. The molecule has 9 heteroatoms. The minimum atomic E-state index is -0.934. The van der Waals surface area contributed by atoms with Crippen molar-refractivity contribution >= 4 is 35.4 Å². The number of urea groups is 1. The molecule has 1 aliphatic rings. The quantitative estimate of drug-likeness (QED) is 0.425. The third kappa shape index (κ3) is 3.72. The normalized spacial score (nSPS) is 14.8. The molecular formula is C15H16ClN3O5. The van der Waals surface area contributed by atoms with Gasteiger partial charge in [-0.2, -0.15) is 0 Å². The van der Waals surface area contributed by atoms with E-state index in [1.807, 2.05) is 0 Å². The van der Waals surface area contributed by atoms with E-state index in [9.17, 15) is 19.2 Å². The van der Waals surface area contributed by atoms with Gasteiger partial charge in [-0.1, -0.05) is 29.8 Å². The average molecular weight is 354 g/mol. The van der Waals surface area contributed by atoms with E-state index in [4.69, 9.17) is 11.6 Å². The number of ether oxygens (including phenoxy) is 1. The fourth-order valence-corrected chi connectivity index (χ4v) is 2.40. The number of carbonyl (C=O) groups is 4. The summed E-state index contributed by atoms with van der Waals surface area (Å²) in [5.41, 5.74) is 0.710. The van der Waals surface area contributed by atoms with Gasteiger partial charge in [0.15, 0.2) is 0 Å². The highest BCUT2D eigenvalue weighted by molar-refractivity contribution is 6.44. The van der Waals surface area contributed by atoms with E-state index in [1.54, 1.807) is 24.3 Å². The predicted octanol–water partition coefficient (Wildman–Crippen LogP) is 0.693. The van der Waals surface area contributed by atoms with Gasteiger partial charge in [0, 0.05) is 18.6 Å². The number of nitrogens with zero attached hydrogens (tertiary/aromatic N) is 3. The Hall–Kier alpha value is -2.45. The summed E-state index contributed by atoms with van der Waals surface area (Å²) >= 11 is 6.11. The molecule has 0 bridgehead atoms. The van der Waals surface area contributed by atoms with E-state index in [2.05, 4.69) is 4.74 Å². The standard InChI is InChI=1S/C15H16ClN3O5/c1-17-13(21)14(22)19(15(17)23)9-18(8-12(20)24-2)7-10-5-3-4-6-11(10)16/h3-6H,7-9H2,1-2H3. The van der Waals surface area contributed by atoms with Crippen LogP contribution >= 0.6 is 11.6 Å². The van der Waals surface area contributed by atoms with Crippen LogP contribution in [0.5, 0.6) is 0 Å². The fraction of sp³-hybridized carbons (Fsp3) is 0.333. The summed E-state index contributed by atoms with van der Waals surface area (Å²) in [4.78, 5) is 50.0. The van der Waals surface area contributed by atoms with Crippen molar-refractivity contribution in [3.8, 4) is 0 Å². The molecule has 1 fully saturated rings. The highest BCUT2D eigenvalue weighted by Gasteiger charge is 2.42. The Morgan fingerprint density at radius 3 is 2.42 bits per heavy atom. The lowest BCUT2D eigenvalue weighted by Gasteiger charge is -2.25. The highest BCUT2D eigenvalue weighted by Crippen LogP contribution is 2.18. The Morgan fingerprint density at radius 1 is 1.21 bits per heavy atom. The molecule has 128 valence electrons. The first-order valence-electron chi connectivity index (χ1n) is 7.01. The van der Waals surface area contributed by atoms with Gasteiger partial charge < -0.3 is 4.74 Å². The van der Waals surface area contributed by atoms with Gasteiger partial charge in [-0.3, -0.25) is 24.2 Å². The fourth-order valence-electron chi connectivity index (χ4n) is 2.21. The Kier molecular flexibility index (Phi) is 5.53. The first kappa shape index (κ1) is 17.9. The lowest BCUT2D eigenvalue weighted by molar-refractivity contribution is -0.145. The number of benzene rings is 1. The molecule has 0 aromatic heterocycles. The molecule has 24 heavy (non-hydrogen) atoms. The molecule has 0 unspecified atom stereocenters. The smallest absolute Gasteiger partial charge is 0.335 e. The van der Waals surface area contributed by atoms with E-state index < -0.39 is 23.8 Å². The number of hydrogen-bond acceptors (Lipinski definition) is 6. The lowest BCUT2D eigenvalue weighted by Crippen LogP contribution is -2.43. The van der Waals surface area contributed by atoms with E-state index in [1.165, 1.54) is 19.1 Å². The second kappa shape index (κ2) is 7.41. The zero-order valence-electron chi connectivity index (χ0n) is 13.2. The van der Waals surface area contributed by atoms with Gasteiger partial charge in [0.1, 0.15) is 0 Å². The van der Waals surface area contributed by atoms with Crippen LogP contribution in [0.1, 0.15) is 5.56 Å². The summed E-state index contributed by atoms with van der Waals surface area (Å²) < 4.78 is 4.63. The van der Waals surface area contributed by atoms with Gasteiger partial charge in [-0.25, -0.2) is 9.69 Å². The topological polar surface area (TPSA) is 87.2 Å². The third-order valence-corrected chi connectivity index (χ3v) is 3.89. The summed E-state index contributed by atoms with van der Waals surface area (Å²) in [5, 5.41) is 0.486. The Bertz CT molecular complexity index is 693. The van der Waals surface area contributed by atoms with Crippen molar-refractivity contribution in [1.29, 1.82) is 0 Å². The molecule has 0 N–H and O–H groups in total. The van der Waals surface area contributed by atoms with Crippen LogP contribution in [0.15, 0.2) is 24.3 Å². The summed E-state index contributed by atoms with van der Waals surface area (Å²) in [5.74, 6) is -2.38. The number of carbonyl (C=O) groups excluding carboxylic acids is 4. The number of hydrogen-bond donors (Lipinski definition) is 0. The van der Waals surface area contributed by atoms with Crippen molar-refractivity contribution in [2.24, 2.45) is 0 Å². The molecule has 0 spiro atoms. The number of imide groups is 2. The zero-order chi connectivity index (χ0) is 17.9. The minimum Gasteiger partial charge on any atom is -0.468 e. The molecule has 0 radical (unpaired) electrons. The third-order valence-electron chi connectivity index (χ3n) is 3.52. The lowest BCUT2D eigenvalue weighted by atomic mass is 10.2. The van der Waals surface area contributed by atoms with E-state index in [-0.39, 0.29) is 19.8 Å². The van der Waals surface area contributed by atoms with Gasteiger partial charge in [0.2, 0.25) is 0 Å². The SMILES string of the molecule is COC(=O)CN(Cc1ccccc1Cl)CN1C(=O)C(=O)N(C)C1=O. The Balaban J connectivity index is 2.19. The van der Waals surface area contributed by atoms with Gasteiger partial charge in [0.25, 0.3) is 0 Å². The molecular weight excluding hydrogens is 338 g/mol. The van der Waals surface area contributed by atoms with E-state index >= 15 is 0 Å². The first-order valence-corrected chi connectivity index (χ1v) is 7.39. The summed E-state index contributed by atoms with van der Waals surface area (Å²) in [6, 6.07) is 6.26. The highest BCUT2D eigenvalue weighted by atomic mass is 35.5. The average Bonchev–Trinajstić information content (AvgIpc) is 2.74. The molecule has 1 aliphatic heterocycles. The van der Waals surface area contributed by atoms with Crippen LogP contribution in [0.2, 0.25) is 5.02 Å². The van der Waals surface area contributed by atoms with Crippen LogP contribution < -0.4 is 0 Å². The Morgan fingerprint density at radius 2 is 1.88 bits per heavy atom. The number of halogens is 1. The largest absolute Gasteiger partial charge is 0.468 e. The molecule has 1 aromatic carbocycles. The Labute approximate surface area is 143 Å². The van der Waals surface area contributed by atoms with Crippen molar-refractivity contribution in [2.45, 2.75) is 6.54 Å². The summed E-state index contributed by atoms with van der Waals surface area (Å²) in [6.07, 6.45) is 0. The van der Waals surface area contributed by atoms with Crippen LogP contribution in [-0.4, -0.2) is 65.9 Å². The molecule has 0 saturated carbocycles. The van der Waals surface area contributed by atoms with Gasteiger partial charge in [0.05, 0.1) is 20.3 Å². The van der Waals surface area contributed by atoms with Gasteiger partial charge >= 0.3 is 23.8 Å². The van der Waals surface area contributed by atoms with Crippen molar-refractivity contribution in [3.05, 3.63) is 34.9 Å². The van der Waals surface area contributed by atoms with Crippen molar-refractivity contribution in [3.63, 3.8) is 0 Å².